The van der Waals surface area contributed by atoms with Gasteiger partial charge in [0.25, 0.3) is 5.91 Å². The van der Waals surface area contributed by atoms with Gasteiger partial charge in [-0.15, -0.1) is 0 Å². The average Bonchev–Trinajstić information content (AvgIpc) is 2.74. The third-order valence-corrected chi connectivity index (χ3v) is 3.96. The number of nitrogens with one attached hydrogen (secondary N) is 2. The quantitative estimate of drug-likeness (QED) is 0.896. The molecule has 0 spiro atoms. The Kier molecular flexibility index (Phi) is 4.65. The molecular formula is C18H21N5O2. The fraction of sp³-hybridized carbons (Fsp3) is 0.333. The lowest BCUT2D eigenvalue weighted by molar-refractivity contribution is -0.116. The number of benzene rings is 1. The highest BCUT2D eigenvalue weighted by molar-refractivity contribution is 6.03. The van der Waals surface area contributed by atoms with Gasteiger partial charge in [0.15, 0.2) is 0 Å². The highest BCUT2D eigenvalue weighted by atomic mass is 16.2. The molecular weight excluding hydrogens is 318 g/mol. The van der Waals surface area contributed by atoms with Crippen LogP contribution in [0.1, 0.15) is 34.6 Å². The van der Waals surface area contributed by atoms with Gasteiger partial charge in [-0.3, -0.25) is 9.59 Å². The topological polar surface area (TPSA) is 87.2 Å². The van der Waals surface area contributed by atoms with Crippen LogP contribution in [0.2, 0.25) is 0 Å². The van der Waals surface area contributed by atoms with Crippen LogP contribution in [-0.2, 0) is 11.2 Å². The molecule has 0 saturated heterocycles. The molecule has 2 amide bonds. The van der Waals surface area contributed by atoms with Crippen molar-refractivity contribution in [2.45, 2.75) is 26.2 Å². The standard InChI is InChI=1S/C18H21N5O2/c1-11-9-15(22-18(19-11)23(2)3)17(25)20-13-7-8-14-12(10-13)5-4-6-16(24)21-14/h7-10H,4-6H2,1-3H3,(H,20,25)(H,21,24). The predicted octanol–water partition coefficient (Wildman–Crippen LogP) is 2.38. The third kappa shape index (κ3) is 3.93. The smallest absolute Gasteiger partial charge is 0.274 e. The van der Waals surface area contributed by atoms with E-state index in [4.69, 9.17) is 0 Å². The lowest BCUT2D eigenvalue weighted by Crippen LogP contribution is -2.19. The first-order valence-corrected chi connectivity index (χ1v) is 8.19. The molecule has 25 heavy (non-hydrogen) atoms. The largest absolute Gasteiger partial charge is 0.347 e. The number of carbonyl (C=O) groups excluding carboxylic acids is 2. The molecule has 0 aliphatic carbocycles. The van der Waals surface area contributed by atoms with Crippen LogP contribution in [-0.4, -0.2) is 35.9 Å². The van der Waals surface area contributed by atoms with Crippen LogP contribution in [0, 0.1) is 6.92 Å². The van der Waals surface area contributed by atoms with Gasteiger partial charge in [-0.1, -0.05) is 0 Å². The third-order valence-electron chi connectivity index (χ3n) is 3.96. The van der Waals surface area contributed by atoms with E-state index < -0.39 is 0 Å². The molecule has 0 saturated carbocycles. The number of carbonyl (C=O) groups is 2. The summed E-state index contributed by atoms with van der Waals surface area (Å²) in [6, 6.07) is 7.17. The van der Waals surface area contributed by atoms with Gasteiger partial charge in [0.1, 0.15) is 5.69 Å². The van der Waals surface area contributed by atoms with Gasteiger partial charge in [-0.05, 0) is 49.6 Å². The highest BCUT2D eigenvalue weighted by Crippen LogP contribution is 2.25. The summed E-state index contributed by atoms with van der Waals surface area (Å²) in [6.45, 7) is 1.83. The minimum atomic E-state index is -0.286. The highest BCUT2D eigenvalue weighted by Gasteiger charge is 2.15. The van der Waals surface area contributed by atoms with Crippen molar-refractivity contribution in [3.63, 3.8) is 0 Å². The number of anilines is 3. The number of fused-ring (bicyclic) bond motifs is 1. The van der Waals surface area contributed by atoms with Crippen molar-refractivity contribution in [2.75, 3.05) is 29.6 Å². The second-order valence-electron chi connectivity index (χ2n) is 6.32. The van der Waals surface area contributed by atoms with Gasteiger partial charge in [-0.2, -0.15) is 0 Å². The van der Waals surface area contributed by atoms with Gasteiger partial charge < -0.3 is 15.5 Å². The van der Waals surface area contributed by atoms with Crippen LogP contribution in [0.5, 0.6) is 0 Å². The van der Waals surface area contributed by atoms with Gasteiger partial charge >= 0.3 is 0 Å². The van der Waals surface area contributed by atoms with E-state index in [-0.39, 0.29) is 11.8 Å². The molecule has 0 bridgehead atoms. The van der Waals surface area contributed by atoms with E-state index in [1.165, 1.54) is 0 Å². The molecule has 1 aliphatic rings. The Balaban J connectivity index is 1.82. The van der Waals surface area contributed by atoms with E-state index in [0.29, 0.717) is 23.8 Å². The van der Waals surface area contributed by atoms with Crippen LogP contribution in [0.3, 0.4) is 0 Å². The summed E-state index contributed by atoms with van der Waals surface area (Å²) < 4.78 is 0. The second kappa shape index (κ2) is 6.88. The van der Waals surface area contributed by atoms with Crippen LogP contribution in [0.25, 0.3) is 0 Å². The first-order chi connectivity index (χ1) is 11.9. The maximum absolute atomic E-state index is 12.5. The van der Waals surface area contributed by atoms with Crippen LogP contribution < -0.4 is 15.5 Å². The molecule has 0 fully saturated rings. The van der Waals surface area contributed by atoms with E-state index in [1.54, 1.807) is 17.0 Å². The Hall–Kier alpha value is -2.96. The van der Waals surface area contributed by atoms with E-state index >= 15 is 0 Å². The number of rotatable bonds is 3. The molecule has 7 heteroatoms. The monoisotopic (exact) mass is 339 g/mol. The normalized spacial score (nSPS) is 13.5. The molecule has 3 rings (SSSR count). The Morgan fingerprint density at radius 2 is 2.00 bits per heavy atom. The van der Waals surface area contributed by atoms with Gasteiger partial charge in [0.2, 0.25) is 11.9 Å². The lowest BCUT2D eigenvalue weighted by atomic mass is 10.1. The van der Waals surface area contributed by atoms with E-state index in [0.717, 1.165) is 29.8 Å². The van der Waals surface area contributed by atoms with Crippen molar-refractivity contribution >= 4 is 29.1 Å². The van der Waals surface area contributed by atoms with Crippen molar-refractivity contribution in [1.82, 2.24) is 9.97 Å². The summed E-state index contributed by atoms with van der Waals surface area (Å²) in [4.78, 5) is 34.5. The number of hydrogen-bond donors (Lipinski definition) is 2. The second-order valence-corrected chi connectivity index (χ2v) is 6.32. The molecule has 2 heterocycles. The molecule has 7 nitrogen and oxygen atoms in total. The van der Waals surface area contributed by atoms with Gasteiger partial charge in [0.05, 0.1) is 0 Å². The zero-order valence-electron chi connectivity index (χ0n) is 14.6. The minimum absolute atomic E-state index is 0.0308. The zero-order valence-corrected chi connectivity index (χ0v) is 14.6. The summed E-state index contributed by atoms with van der Waals surface area (Å²) in [5.41, 5.74) is 3.57. The Morgan fingerprint density at radius 1 is 1.20 bits per heavy atom. The molecule has 2 aromatic rings. The summed E-state index contributed by atoms with van der Waals surface area (Å²) in [7, 11) is 3.66. The Labute approximate surface area is 146 Å². The Morgan fingerprint density at radius 3 is 2.76 bits per heavy atom. The van der Waals surface area contributed by atoms with Crippen LogP contribution in [0.15, 0.2) is 24.3 Å². The molecule has 1 aromatic carbocycles. The van der Waals surface area contributed by atoms with E-state index in [2.05, 4.69) is 20.6 Å². The number of nitrogens with zero attached hydrogens (tertiary/aromatic N) is 3. The molecule has 0 radical (unpaired) electrons. The maximum atomic E-state index is 12.5. The van der Waals surface area contributed by atoms with Gasteiger partial charge in [0, 0.05) is 37.6 Å². The van der Waals surface area contributed by atoms with Crippen molar-refractivity contribution in [1.29, 1.82) is 0 Å². The fourth-order valence-corrected chi connectivity index (χ4v) is 2.72. The fourth-order valence-electron chi connectivity index (χ4n) is 2.72. The predicted molar refractivity (Wildman–Crippen MR) is 97.1 cm³/mol. The maximum Gasteiger partial charge on any atom is 0.274 e. The molecule has 1 aromatic heterocycles. The number of amides is 2. The molecule has 0 atom stereocenters. The summed E-state index contributed by atoms with van der Waals surface area (Å²) in [5.74, 6) is 0.240. The molecule has 0 unspecified atom stereocenters. The number of aromatic nitrogens is 2. The van der Waals surface area contributed by atoms with Crippen LogP contribution in [0.4, 0.5) is 17.3 Å². The van der Waals surface area contributed by atoms with E-state index in [1.807, 2.05) is 33.2 Å². The van der Waals surface area contributed by atoms with Gasteiger partial charge in [-0.25, -0.2) is 9.97 Å². The number of hydrogen-bond acceptors (Lipinski definition) is 5. The van der Waals surface area contributed by atoms with Crippen molar-refractivity contribution in [2.24, 2.45) is 0 Å². The number of aryl methyl sites for hydroxylation is 2. The molecule has 2 N–H and O–H groups in total. The van der Waals surface area contributed by atoms with Crippen LogP contribution >= 0.6 is 0 Å². The molecule has 130 valence electrons. The summed E-state index contributed by atoms with van der Waals surface area (Å²) in [5, 5.41) is 5.76. The first kappa shape index (κ1) is 16.9. The first-order valence-electron chi connectivity index (χ1n) is 8.19. The average molecular weight is 339 g/mol. The lowest BCUT2D eigenvalue weighted by Gasteiger charge is -2.13. The van der Waals surface area contributed by atoms with Crippen molar-refractivity contribution in [3.05, 3.63) is 41.2 Å². The summed E-state index contributed by atoms with van der Waals surface area (Å²) >= 11 is 0. The Bertz CT molecular complexity index is 832. The zero-order chi connectivity index (χ0) is 18.0. The summed E-state index contributed by atoms with van der Waals surface area (Å²) in [6.07, 6.45) is 2.12. The SMILES string of the molecule is Cc1cc(C(=O)Nc2ccc3c(c2)CCCC(=O)N3)nc(N(C)C)n1. The van der Waals surface area contributed by atoms with Crippen molar-refractivity contribution < 1.29 is 9.59 Å². The minimum Gasteiger partial charge on any atom is -0.347 e. The van der Waals surface area contributed by atoms with Crippen molar-refractivity contribution in [3.8, 4) is 0 Å². The molecule has 1 aliphatic heterocycles. The van der Waals surface area contributed by atoms with E-state index in [9.17, 15) is 9.59 Å².